The number of nitrogens with one attached hydrogen (secondary N) is 1. The van der Waals surface area contributed by atoms with Gasteiger partial charge in [0.2, 0.25) is 0 Å². The fraction of sp³-hybridized carbons (Fsp3) is 0.571. The number of benzene rings is 1. The second-order valence-corrected chi connectivity index (χ2v) is 4.86. The average Bonchev–Trinajstić information content (AvgIpc) is 2.73. The molecule has 1 fully saturated rings. The number of aryl methyl sites for hydroxylation is 1. The van der Waals surface area contributed by atoms with Crippen LogP contribution >= 0.6 is 0 Å². The van der Waals surface area contributed by atoms with Crippen molar-refractivity contribution in [3.8, 4) is 5.75 Å². The highest BCUT2D eigenvalue weighted by atomic mass is 16.5. The summed E-state index contributed by atoms with van der Waals surface area (Å²) in [7, 11) is 0. The van der Waals surface area contributed by atoms with Crippen LogP contribution in [0.3, 0.4) is 0 Å². The summed E-state index contributed by atoms with van der Waals surface area (Å²) in [5, 5.41) is 3.53. The third kappa shape index (κ3) is 2.56. The Morgan fingerprint density at radius 1 is 1.38 bits per heavy atom. The first kappa shape index (κ1) is 11.5. The Bertz CT molecular complexity index is 354. The number of hydrogen-bond donors (Lipinski definition) is 1. The summed E-state index contributed by atoms with van der Waals surface area (Å²) < 4.78 is 5.87. The molecular formula is C14H21NO. The van der Waals surface area contributed by atoms with Crippen molar-refractivity contribution in [2.45, 2.75) is 45.8 Å². The third-order valence-corrected chi connectivity index (χ3v) is 2.96. The third-order valence-electron chi connectivity index (χ3n) is 2.96. The molecular weight excluding hydrogens is 198 g/mol. The van der Waals surface area contributed by atoms with E-state index in [4.69, 9.17) is 4.74 Å². The Kier molecular flexibility index (Phi) is 3.49. The summed E-state index contributed by atoms with van der Waals surface area (Å²) in [5.41, 5.74) is 2.63. The zero-order valence-corrected chi connectivity index (χ0v) is 10.4. The number of hydrogen-bond acceptors (Lipinski definition) is 2. The lowest BCUT2D eigenvalue weighted by atomic mass is 10.0. The van der Waals surface area contributed by atoms with Gasteiger partial charge in [-0.25, -0.2) is 0 Å². The van der Waals surface area contributed by atoms with Crippen molar-refractivity contribution in [1.82, 2.24) is 5.32 Å². The molecule has 1 aliphatic rings. The van der Waals surface area contributed by atoms with Crippen molar-refractivity contribution < 1.29 is 4.74 Å². The number of rotatable bonds is 3. The van der Waals surface area contributed by atoms with Gasteiger partial charge in [0, 0.05) is 11.6 Å². The zero-order chi connectivity index (χ0) is 11.5. The molecule has 1 aromatic rings. The minimum absolute atomic E-state index is 0.239. The fourth-order valence-electron chi connectivity index (χ4n) is 2.25. The maximum atomic E-state index is 5.87. The van der Waals surface area contributed by atoms with Crippen LogP contribution in [0, 0.1) is 6.92 Å². The molecule has 88 valence electrons. The summed E-state index contributed by atoms with van der Waals surface area (Å²) >= 11 is 0. The van der Waals surface area contributed by atoms with Gasteiger partial charge in [0.1, 0.15) is 5.75 Å². The van der Waals surface area contributed by atoms with E-state index in [1.165, 1.54) is 24.0 Å². The van der Waals surface area contributed by atoms with Crippen molar-refractivity contribution in [2.24, 2.45) is 0 Å². The lowest BCUT2D eigenvalue weighted by Gasteiger charge is -2.19. The van der Waals surface area contributed by atoms with E-state index in [0.717, 1.165) is 12.3 Å². The second-order valence-electron chi connectivity index (χ2n) is 4.86. The van der Waals surface area contributed by atoms with Gasteiger partial charge in [-0.05, 0) is 46.2 Å². The van der Waals surface area contributed by atoms with Gasteiger partial charge < -0.3 is 10.1 Å². The standard InChI is InChI=1S/C14H21NO/c1-10(2)16-14-7-6-11(3)9-12(14)13-5-4-8-15-13/h6-7,9-10,13,15H,4-5,8H2,1-3H3. The molecule has 1 aromatic carbocycles. The molecule has 0 aliphatic carbocycles. The van der Waals surface area contributed by atoms with Crippen LogP contribution in [0.2, 0.25) is 0 Å². The molecule has 16 heavy (non-hydrogen) atoms. The van der Waals surface area contributed by atoms with Gasteiger partial charge in [-0.3, -0.25) is 0 Å². The quantitative estimate of drug-likeness (QED) is 0.843. The molecule has 0 saturated carbocycles. The monoisotopic (exact) mass is 219 g/mol. The molecule has 1 atom stereocenters. The van der Waals surface area contributed by atoms with Crippen LogP contribution < -0.4 is 10.1 Å². The summed E-state index contributed by atoms with van der Waals surface area (Å²) in [6.45, 7) is 7.41. The predicted molar refractivity (Wildman–Crippen MR) is 66.9 cm³/mol. The Labute approximate surface area is 98.0 Å². The lowest BCUT2D eigenvalue weighted by molar-refractivity contribution is 0.238. The maximum Gasteiger partial charge on any atom is 0.124 e. The van der Waals surface area contributed by atoms with Crippen molar-refractivity contribution in [2.75, 3.05) is 6.54 Å². The first-order chi connectivity index (χ1) is 7.66. The molecule has 2 nitrogen and oxygen atoms in total. The minimum Gasteiger partial charge on any atom is -0.491 e. The Morgan fingerprint density at radius 3 is 2.81 bits per heavy atom. The second kappa shape index (κ2) is 4.88. The Balaban J connectivity index is 2.28. The van der Waals surface area contributed by atoms with E-state index >= 15 is 0 Å². The normalized spacial score (nSPS) is 20.4. The maximum absolute atomic E-state index is 5.87. The Morgan fingerprint density at radius 2 is 2.19 bits per heavy atom. The van der Waals surface area contributed by atoms with Gasteiger partial charge in [-0.1, -0.05) is 17.7 Å². The van der Waals surface area contributed by atoms with Crippen LogP contribution in [0.15, 0.2) is 18.2 Å². The molecule has 0 aromatic heterocycles. The minimum atomic E-state index is 0.239. The van der Waals surface area contributed by atoms with Gasteiger partial charge in [-0.15, -0.1) is 0 Å². The highest BCUT2D eigenvalue weighted by Gasteiger charge is 2.20. The smallest absolute Gasteiger partial charge is 0.124 e. The van der Waals surface area contributed by atoms with Crippen LogP contribution in [0.4, 0.5) is 0 Å². The van der Waals surface area contributed by atoms with Gasteiger partial charge in [0.25, 0.3) is 0 Å². The van der Waals surface area contributed by atoms with E-state index in [1.807, 2.05) is 0 Å². The molecule has 1 heterocycles. The summed E-state index contributed by atoms with van der Waals surface area (Å²) in [6.07, 6.45) is 2.72. The molecule has 0 amide bonds. The van der Waals surface area contributed by atoms with Crippen LogP contribution in [0.25, 0.3) is 0 Å². The largest absolute Gasteiger partial charge is 0.491 e. The van der Waals surface area contributed by atoms with Crippen LogP contribution in [-0.4, -0.2) is 12.6 Å². The molecule has 2 rings (SSSR count). The van der Waals surface area contributed by atoms with Gasteiger partial charge in [0.05, 0.1) is 6.10 Å². The summed E-state index contributed by atoms with van der Waals surface area (Å²) in [4.78, 5) is 0. The number of ether oxygens (including phenoxy) is 1. The highest BCUT2D eigenvalue weighted by molar-refractivity contribution is 5.39. The van der Waals surface area contributed by atoms with Crippen LogP contribution in [0.1, 0.15) is 43.9 Å². The van der Waals surface area contributed by atoms with E-state index in [2.05, 4.69) is 44.3 Å². The van der Waals surface area contributed by atoms with E-state index in [9.17, 15) is 0 Å². The van der Waals surface area contributed by atoms with E-state index in [1.54, 1.807) is 0 Å². The highest BCUT2D eigenvalue weighted by Crippen LogP contribution is 2.32. The van der Waals surface area contributed by atoms with Crippen molar-refractivity contribution >= 4 is 0 Å². The lowest BCUT2D eigenvalue weighted by Crippen LogP contribution is -2.16. The molecule has 1 unspecified atom stereocenters. The summed E-state index contributed by atoms with van der Waals surface area (Å²) in [5.74, 6) is 1.04. The summed E-state index contributed by atoms with van der Waals surface area (Å²) in [6, 6.07) is 6.95. The first-order valence-electron chi connectivity index (χ1n) is 6.17. The predicted octanol–water partition coefficient (Wildman–Crippen LogP) is 3.21. The van der Waals surface area contributed by atoms with E-state index < -0.39 is 0 Å². The molecule has 0 spiro atoms. The van der Waals surface area contributed by atoms with E-state index in [-0.39, 0.29) is 6.10 Å². The topological polar surface area (TPSA) is 21.3 Å². The van der Waals surface area contributed by atoms with Crippen LogP contribution in [-0.2, 0) is 0 Å². The van der Waals surface area contributed by atoms with Gasteiger partial charge in [0.15, 0.2) is 0 Å². The van der Waals surface area contributed by atoms with Gasteiger partial charge in [-0.2, -0.15) is 0 Å². The van der Waals surface area contributed by atoms with Crippen molar-refractivity contribution in [3.63, 3.8) is 0 Å². The molecule has 2 heteroatoms. The SMILES string of the molecule is Cc1ccc(OC(C)C)c(C2CCCN2)c1. The van der Waals surface area contributed by atoms with Crippen molar-refractivity contribution in [3.05, 3.63) is 29.3 Å². The fourth-order valence-corrected chi connectivity index (χ4v) is 2.25. The Hall–Kier alpha value is -1.02. The van der Waals surface area contributed by atoms with Crippen LogP contribution in [0.5, 0.6) is 5.75 Å². The zero-order valence-electron chi connectivity index (χ0n) is 10.4. The molecule has 0 radical (unpaired) electrons. The first-order valence-corrected chi connectivity index (χ1v) is 6.17. The molecule has 1 aliphatic heterocycles. The molecule has 1 N–H and O–H groups in total. The van der Waals surface area contributed by atoms with E-state index in [0.29, 0.717) is 6.04 Å². The van der Waals surface area contributed by atoms with Crippen molar-refractivity contribution in [1.29, 1.82) is 0 Å². The van der Waals surface area contributed by atoms with Gasteiger partial charge >= 0.3 is 0 Å². The molecule has 0 bridgehead atoms. The molecule has 1 saturated heterocycles. The average molecular weight is 219 g/mol.